The van der Waals surface area contributed by atoms with Crippen LogP contribution in [0.15, 0.2) is 60.7 Å². The van der Waals surface area contributed by atoms with E-state index < -0.39 is 0 Å². The van der Waals surface area contributed by atoms with Crippen LogP contribution in [-0.4, -0.2) is 12.6 Å². The average Bonchev–Trinajstić information content (AvgIpc) is 2.70. The van der Waals surface area contributed by atoms with E-state index in [1.807, 2.05) is 48.5 Å². The van der Waals surface area contributed by atoms with Crippen molar-refractivity contribution < 1.29 is 18.6 Å². The van der Waals surface area contributed by atoms with Gasteiger partial charge in [-0.3, -0.25) is 9.32 Å². The summed E-state index contributed by atoms with van der Waals surface area (Å²) in [6.45, 7) is 0.793. The maximum absolute atomic E-state index is 11.9. The van der Waals surface area contributed by atoms with Crippen LogP contribution >= 0.6 is 8.69 Å². The highest BCUT2D eigenvalue weighted by molar-refractivity contribution is 7.17. The molecular weight excluding hydrogens is 347 g/mol. The molecule has 0 amide bonds. The second-order valence-electron chi connectivity index (χ2n) is 6.20. The number of hydrogen-bond donors (Lipinski definition) is 0. The van der Waals surface area contributed by atoms with Gasteiger partial charge in [0.05, 0.1) is 6.61 Å². The van der Waals surface area contributed by atoms with E-state index in [1.54, 1.807) is 0 Å². The van der Waals surface area contributed by atoms with Gasteiger partial charge in [0.25, 0.3) is 0 Å². The molecule has 0 N–H and O–H groups in total. The van der Waals surface area contributed by atoms with Gasteiger partial charge in [-0.15, -0.1) is 0 Å². The Kier molecular flexibility index (Phi) is 9.63. The van der Waals surface area contributed by atoms with Crippen molar-refractivity contribution in [3.05, 3.63) is 71.8 Å². The molecule has 0 bridgehead atoms. The summed E-state index contributed by atoms with van der Waals surface area (Å²) in [5.41, 5.74) is 2.26. The maximum atomic E-state index is 11.9. The van der Waals surface area contributed by atoms with Crippen LogP contribution in [-0.2, 0) is 25.2 Å². The Balaban J connectivity index is 1.69. The summed E-state index contributed by atoms with van der Waals surface area (Å²) in [6, 6.07) is 20.0. The zero-order valence-electron chi connectivity index (χ0n) is 14.9. The van der Waals surface area contributed by atoms with Gasteiger partial charge in [-0.1, -0.05) is 67.1 Å². The van der Waals surface area contributed by atoms with Crippen molar-refractivity contribution in [2.24, 2.45) is 0 Å². The van der Waals surface area contributed by atoms with E-state index >= 15 is 0 Å². The summed E-state index contributed by atoms with van der Waals surface area (Å²) in [5.74, 6) is 0.192. The van der Waals surface area contributed by atoms with E-state index in [0.717, 1.165) is 31.2 Å². The van der Waals surface area contributed by atoms with Crippen molar-refractivity contribution in [1.29, 1.82) is 0 Å². The molecule has 0 aromatic heterocycles. The van der Waals surface area contributed by atoms with Crippen molar-refractivity contribution in [2.75, 3.05) is 6.61 Å². The number of ether oxygens (including phenoxy) is 1. The van der Waals surface area contributed by atoms with Crippen LogP contribution in [0.1, 0.15) is 49.1 Å². The molecule has 0 aliphatic rings. The van der Waals surface area contributed by atoms with Gasteiger partial charge in [0.1, 0.15) is 6.61 Å². The van der Waals surface area contributed by atoms with Gasteiger partial charge in [0, 0.05) is 6.42 Å². The lowest BCUT2D eigenvalue weighted by Crippen LogP contribution is -2.06. The van der Waals surface area contributed by atoms with Crippen molar-refractivity contribution in [3.63, 3.8) is 0 Å². The fraction of sp³-hybridized carbons (Fsp3) is 0.381. The first-order valence-corrected chi connectivity index (χ1v) is 9.71. The maximum Gasteiger partial charge on any atom is 0.327 e. The van der Waals surface area contributed by atoms with Crippen molar-refractivity contribution in [2.45, 2.75) is 44.6 Å². The molecule has 26 heavy (non-hydrogen) atoms. The molecule has 0 heterocycles. The van der Waals surface area contributed by atoms with Crippen molar-refractivity contribution in [3.8, 4) is 0 Å². The quantitative estimate of drug-likeness (QED) is 0.273. The predicted molar refractivity (Wildman–Crippen MR) is 102 cm³/mol. The minimum absolute atomic E-state index is 0.154. The number of rotatable bonds is 12. The third kappa shape index (κ3) is 7.90. The van der Waals surface area contributed by atoms with Crippen LogP contribution < -0.4 is 0 Å². The van der Waals surface area contributed by atoms with Crippen LogP contribution in [0.25, 0.3) is 0 Å². The standard InChI is InChI=1S/C21H25O4P/c22-21(24-17-18-9-3-1-4-10-18)14-8-7-13-20(15-16-25-26-23)19-11-5-2-6-12-19/h1-6,9-12,20H,7-8,13-17H2. The first-order chi connectivity index (χ1) is 12.8. The zero-order valence-corrected chi connectivity index (χ0v) is 15.8. The molecule has 5 heteroatoms. The van der Waals surface area contributed by atoms with Crippen LogP contribution in [0.4, 0.5) is 0 Å². The molecule has 0 saturated carbocycles. The Morgan fingerprint density at radius 1 is 0.923 bits per heavy atom. The molecule has 2 aromatic carbocycles. The predicted octanol–water partition coefficient (Wildman–Crippen LogP) is 5.69. The first-order valence-electron chi connectivity index (χ1n) is 8.98. The van der Waals surface area contributed by atoms with Gasteiger partial charge in [-0.05, 0) is 36.3 Å². The fourth-order valence-electron chi connectivity index (χ4n) is 2.91. The van der Waals surface area contributed by atoms with Crippen LogP contribution in [0.5, 0.6) is 0 Å². The minimum Gasteiger partial charge on any atom is -0.461 e. The van der Waals surface area contributed by atoms with Gasteiger partial charge in [0.2, 0.25) is 0 Å². The highest BCUT2D eigenvalue weighted by atomic mass is 31.1. The molecule has 1 atom stereocenters. The highest BCUT2D eigenvalue weighted by Crippen LogP contribution is 2.26. The number of esters is 1. The SMILES string of the molecule is O=POCCC(CCCCC(=O)OCc1ccccc1)c1ccccc1. The molecule has 0 aliphatic heterocycles. The molecule has 2 rings (SSSR count). The van der Waals surface area contributed by atoms with Crippen LogP contribution in [0.3, 0.4) is 0 Å². The Morgan fingerprint density at radius 2 is 1.62 bits per heavy atom. The van der Waals surface area contributed by atoms with Crippen molar-refractivity contribution >= 4 is 14.7 Å². The van der Waals surface area contributed by atoms with E-state index in [9.17, 15) is 9.36 Å². The third-order valence-corrected chi connectivity index (χ3v) is 4.60. The summed E-state index contributed by atoms with van der Waals surface area (Å²) < 4.78 is 20.7. The smallest absolute Gasteiger partial charge is 0.327 e. The van der Waals surface area contributed by atoms with E-state index in [1.165, 1.54) is 5.56 Å². The molecule has 4 nitrogen and oxygen atoms in total. The van der Waals surface area contributed by atoms with Crippen LogP contribution in [0, 0.1) is 0 Å². The summed E-state index contributed by atoms with van der Waals surface area (Å²) >= 11 is 0. The number of carbonyl (C=O) groups excluding carboxylic acids is 1. The first kappa shape index (κ1) is 20.3. The molecular formula is C21H25O4P. The lowest BCUT2D eigenvalue weighted by Gasteiger charge is -2.16. The lowest BCUT2D eigenvalue weighted by atomic mass is 9.90. The molecule has 138 valence electrons. The lowest BCUT2D eigenvalue weighted by molar-refractivity contribution is -0.145. The summed E-state index contributed by atoms with van der Waals surface area (Å²) in [5, 5.41) is 0. The van der Waals surface area contributed by atoms with E-state index in [4.69, 9.17) is 9.26 Å². The van der Waals surface area contributed by atoms with Gasteiger partial charge in [0.15, 0.2) is 0 Å². The van der Waals surface area contributed by atoms with Gasteiger partial charge >= 0.3 is 14.7 Å². The van der Waals surface area contributed by atoms with E-state index in [2.05, 4.69) is 12.1 Å². The zero-order chi connectivity index (χ0) is 18.5. The second-order valence-corrected chi connectivity index (χ2v) is 6.60. The number of carbonyl (C=O) groups is 1. The number of unbranched alkanes of at least 4 members (excludes halogenated alkanes) is 1. The Labute approximate surface area is 156 Å². The number of benzene rings is 2. The minimum atomic E-state index is -0.273. The normalized spacial score (nSPS) is 12.0. The number of hydrogen-bond acceptors (Lipinski definition) is 4. The monoisotopic (exact) mass is 372 g/mol. The Hall–Kier alpha value is -2.03. The highest BCUT2D eigenvalue weighted by Gasteiger charge is 2.12. The van der Waals surface area contributed by atoms with Crippen LogP contribution in [0.2, 0.25) is 0 Å². The topological polar surface area (TPSA) is 52.6 Å². The van der Waals surface area contributed by atoms with Gasteiger partial charge in [-0.25, -0.2) is 4.57 Å². The largest absolute Gasteiger partial charge is 0.461 e. The molecule has 2 aromatic rings. The molecule has 0 spiro atoms. The van der Waals surface area contributed by atoms with E-state index in [-0.39, 0.29) is 14.7 Å². The second kappa shape index (κ2) is 12.3. The summed E-state index contributed by atoms with van der Waals surface area (Å²) in [6.07, 6.45) is 3.96. The molecule has 0 fully saturated rings. The van der Waals surface area contributed by atoms with Gasteiger partial charge in [-0.2, -0.15) is 0 Å². The Bertz CT molecular complexity index is 646. The fourth-order valence-corrected chi connectivity index (χ4v) is 3.09. The molecule has 1 unspecified atom stereocenters. The third-order valence-electron chi connectivity index (χ3n) is 4.31. The molecule has 0 aliphatic carbocycles. The van der Waals surface area contributed by atoms with E-state index in [0.29, 0.717) is 25.6 Å². The van der Waals surface area contributed by atoms with Gasteiger partial charge < -0.3 is 4.74 Å². The molecule has 0 radical (unpaired) electrons. The summed E-state index contributed by atoms with van der Waals surface area (Å²) in [4.78, 5) is 11.9. The average molecular weight is 372 g/mol. The summed E-state index contributed by atoms with van der Waals surface area (Å²) in [7, 11) is -0.273. The van der Waals surface area contributed by atoms with Crippen molar-refractivity contribution in [1.82, 2.24) is 0 Å². The Morgan fingerprint density at radius 3 is 2.31 bits per heavy atom. The molecule has 0 saturated heterocycles.